The number of anilines is 1. The van der Waals surface area contributed by atoms with Gasteiger partial charge < -0.3 is 19.6 Å². The molecule has 0 bridgehead atoms. The molecule has 1 N–H and O–H groups in total. The zero-order valence-corrected chi connectivity index (χ0v) is 16.0. The first kappa shape index (κ1) is 19.4. The van der Waals surface area contributed by atoms with E-state index in [1.165, 1.54) is 0 Å². The van der Waals surface area contributed by atoms with E-state index in [0.717, 1.165) is 58.0 Å². The number of carbonyl (C=O) groups is 1. The van der Waals surface area contributed by atoms with Gasteiger partial charge in [0.05, 0.1) is 17.2 Å². The highest BCUT2D eigenvalue weighted by molar-refractivity contribution is 5.86. The van der Waals surface area contributed by atoms with Crippen LogP contribution in [-0.4, -0.2) is 54.3 Å². The summed E-state index contributed by atoms with van der Waals surface area (Å²) in [5, 5.41) is 9.75. The van der Waals surface area contributed by atoms with E-state index in [4.69, 9.17) is 4.74 Å². The largest absolute Gasteiger partial charge is 0.433 e. The Morgan fingerprint density at radius 3 is 2.61 bits per heavy atom. The molecule has 3 aliphatic rings. The van der Waals surface area contributed by atoms with Crippen molar-refractivity contribution in [2.75, 3.05) is 24.5 Å². The second-order valence-corrected chi connectivity index (χ2v) is 8.36. The highest BCUT2D eigenvalue weighted by Gasteiger charge is 2.50. The van der Waals surface area contributed by atoms with Crippen molar-refractivity contribution in [1.82, 2.24) is 4.90 Å². The minimum atomic E-state index is -2.87. The molecule has 28 heavy (non-hydrogen) atoms. The van der Waals surface area contributed by atoms with Crippen molar-refractivity contribution in [2.24, 2.45) is 5.41 Å². The summed E-state index contributed by atoms with van der Waals surface area (Å²) in [6.07, 6.45) is 5.49. The van der Waals surface area contributed by atoms with Crippen LogP contribution in [-0.2, 0) is 4.79 Å². The van der Waals surface area contributed by atoms with E-state index in [0.29, 0.717) is 12.2 Å². The number of halogens is 2. The standard InChI is InChI=1S/C21H28F2N2O3/c22-20(23)28-18-5-2-1-4-17(18)24-12-3-10-21(14-24)11-13-25(19(21)27)15-6-8-16(26)9-7-15/h1-2,4-5,15-16,20,26H,3,6-14H2/t15?,16?,21-/m1/s1. The molecule has 1 aromatic carbocycles. The summed E-state index contributed by atoms with van der Waals surface area (Å²) in [7, 11) is 0. The van der Waals surface area contributed by atoms with Crippen LogP contribution in [0.3, 0.4) is 0 Å². The first-order valence-corrected chi connectivity index (χ1v) is 10.3. The van der Waals surface area contributed by atoms with Gasteiger partial charge in [-0.3, -0.25) is 4.79 Å². The predicted molar refractivity (Wildman–Crippen MR) is 102 cm³/mol. The van der Waals surface area contributed by atoms with Gasteiger partial charge in [0.2, 0.25) is 5.91 Å². The van der Waals surface area contributed by atoms with E-state index in [2.05, 4.69) is 0 Å². The quantitative estimate of drug-likeness (QED) is 0.850. The second-order valence-electron chi connectivity index (χ2n) is 8.36. The number of nitrogens with zero attached hydrogens (tertiary/aromatic N) is 2. The van der Waals surface area contributed by atoms with Crippen LogP contribution in [0.15, 0.2) is 24.3 Å². The van der Waals surface area contributed by atoms with Crippen LogP contribution < -0.4 is 9.64 Å². The van der Waals surface area contributed by atoms with Gasteiger partial charge in [0.25, 0.3) is 0 Å². The van der Waals surface area contributed by atoms with E-state index in [9.17, 15) is 18.7 Å². The third-order valence-corrected chi connectivity index (χ3v) is 6.65. The Morgan fingerprint density at radius 2 is 1.86 bits per heavy atom. The highest BCUT2D eigenvalue weighted by Crippen LogP contribution is 2.44. The maximum atomic E-state index is 13.4. The Balaban J connectivity index is 1.50. The number of ether oxygens (including phenoxy) is 1. The molecule has 1 amide bonds. The molecule has 5 nitrogen and oxygen atoms in total. The van der Waals surface area contributed by atoms with Gasteiger partial charge in [0.15, 0.2) is 0 Å². The summed E-state index contributed by atoms with van der Waals surface area (Å²) in [4.78, 5) is 17.4. The highest BCUT2D eigenvalue weighted by atomic mass is 19.3. The predicted octanol–water partition coefficient (Wildman–Crippen LogP) is 3.41. The molecule has 3 fully saturated rings. The van der Waals surface area contributed by atoms with Gasteiger partial charge in [-0.25, -0.2) is 0 Å². The average Bonchev–Trinajstić information content (AvgIpc) is 2.98. The number of piperidine rings is 1. The lowest BCUT2D eigenvalue weighted by atomic mass is 9.78. The number of rotatable bonds is 4. The zero-order chi connectivity index (χ0) is 19.7. The van der Waals surface area contributed by atoms with Crippen LogP contribution in [0.1, 0.15) is 44.9 Å². The Morgan fingerprint density at radius 1 is 1.11 bits per heavy atom. The molecular formula is C21H28F2N2O3. The Labute approximate surface area is 164 Å². The Bertz CT molecular complexity index is 709. The Kier molecular flexibility index (Phi) is 5.45. The molecule has 0 unspecified atom stereocenters. The van der Waals surface area contributed by atoms with E-state index in [-0.39, 0.29) is 23.8 Å². The molecule has 2 saturated heterocycles. The number of amides is 1. The van der Waals surface area contributed by atoms with Crippen LogP contribution in [0.4, 0.5) is 14.5 Å². The van der Waals surface area contributed by atoms with E-state index < -0.39 is 12.0 Å². The second kappa shape index (κ2) is 7.85. The smallest absolute Gasteiger partial charge is 0.387 e. The van der Waals surface area contributed by atoms with Gasteiger partial charge in [-0.05, 0) is 57.1 Å². The van der Waals surface area contributed by atoms with Crippen LogP contribution in [0, 0.1) is 5.41 Å². The topological polar surface area (TPSA) is 53.0 Å². The first-order valence-electron chi connectivity index (χ1n) is 10.3. The van der Waals surface area contributed by atoms with Crippen molar-refractivity contribution in [3.05, 3.63) is 24.3 Å². The minimum absolute atomic E-state index is 0.165. The molecule has 0 aromatic heterocycles. The number of aliphatic hydroxyl groups excluding tert-OH is 1. The molecule has 4 rings (SSSR count). The number of hydrogen-bond donors (Lipinski definition) is 1. The van der Waals surface area contributed by atoms with Crippen molar-refractivity contribution in [1.29, 1.82) is 0 Å². The van der Waals surface area contributed by atoms with Crippen molar-refractivity contribution >= 4 is 11.6 Å². The fraction of sp³-hybridized carbons (Fsp3) is 0.667. The Hall–Kier alpha value is -1.89. The molecule has 1 aromatic rings. The summed E-state index contributed by atoms with van der Waals surface area (Å²) in [5.74, 6) is 0.365. The molecule has 7 heteroatoms. The monoisotopic (exact) mass is 394 g/mol. The van der Waals surface area contributed by atoms with E-state index in [1.807, 2.05) is 15.9 Å². The molecule has 2 heterocycles. The molecule has 1 atom stereocenters. The van der Waals surface area contributed by atoms with Gasteiger partial charge in [-0.1, -0.05) is 12.1 Å². The molecule has 154 valence electrons. The summed E-state index contributed by atoms with van der Waals surface area (Å²) in [6.45, 7) is -0.844. The molecule has 1 aliphatic carbocycles. The molecule has 1 spiro atoms. The third-order valence-electron chi connectivity index (χ3n) is 6.65. The van der Waals surface area contributed by atoms with Crippen LogP contribution in [0.25, 0.3) is 0 Å². The lowest BCUT2D eigenvalue weighted by Crippen LogP contribution is -2.50. The summed E-state index contributed by atoms with van der Waals surface area (Å²) < 4.78 is 30.3. The lowest BCUT2D eigenvalue weighted by Gasteiger charge is -2.41. The third kappa shape index (κ3) is 3.69. The normalized spacial score (nSPS) is 31.1. The van der Waals surface area contributed by atoms with Crippen molar-refractivity contribution in [3.8, 4) is 5.75 Å². The minimum Gasteiger partial charge on any atom is -0.433 e. The van der Waals surface area contributed by atoms with Gasteiger partial charge in [0.1, 0.15) is 5.75 Å². The number of likely N-dealkylation sites (tertiary alicyclic amines) is 1. The maximum Gasteiger partial charge on any atom is 0.387 e. The summed E-state index contributed by atoms with van der Waals surface area (Å²) in [6, 6.07) is 7.06. The van der Waals surface area contributed by atoms with Gasteiger partial charge in [0, 0.05) is 25.7 Å². The number of aliphatic hydroxyl groups is 1. The van der Waals surface area contributed by atoms with Gasteiger partial charge in [-0.15, -0.1) is 0 Å². The van der Waals surface area contributed by atoms with Gasteiger partial charge >= 0.3 is 6.61 Å². The van der Waals surface area contributed by atoms with E-state index >= 15 is 0 Å². The number of alkyl halides is 2. The number of benzene rings is 1. The van der Waals surface area contributed by atoms with Crippen LogP contribution in [0.2, 0.25) is 0 Å². The van der Waals surface area contributed by atoms with Crippen molar-refractivity contribution in [2.45, 2.75) is 63.7 Å². The number of para-hydroxylation sites is 2. The maximum absolute atomic E-state index is 13.4. The lowest BCUT2D eigenvalue weighted by molar-refractivity contribution is -0.139. The molecule has 1 saturated carbocycles. The van der Waals surface area contributed by atoms with Crippen LogP contribution >= 0.6 is 0 Å². The molecule has 2 aliphatic heterocycles. The van der Waals surface area contributed by atoms with Gasteiger partial charge in [-0.2, -0.15) is 8.78 Å². The first-order chi connectivity index (χ1) is 13.5. The fourth-order valence-electron chi connectivity index (χ4n) is 5.20. The molecule has 0 radical (unpaired) electrons. The molecular weight excluding hydrogens is 366 g/mol. The average molecular weight is 394 g/mol. The SMILES string of the molecule is O=C1N(C2CCC(O)CC2)CC[C@@]12CCCN(c1ccccc1OC(F)F)C2. The van der Waals surface area contributed by atoms with Crippen LogP contribution in [0.5, 0.6) is 5.75 Å². The fourth-order valence-corrected chi connectivity index (χ4v) is 5.20. The zero-order valence-electron chi connectivity index (χ0n) is 16.0. The van der Waals surface area contributed by atoms with Crippen molar-refractivity contribution in [3.63, 3.8) is 0 Å². The van der Waals surface area contributed by atoms with Crippen molar-refractivity contribution < 1.29 is 23.4 Å². The van der Waals surface area contributed by atoms with E-state index in [1.54, 1.807) is 18.2 Å². The summed E-state index contributed by atoms with van der Waals surface area (Å²) in [5.41, 5.74) is 0.195. The summed E-state index contributed by atoms with van der Waals surface area (Å²) >= 11 is 0. The number of hydrogen-bond acceptors (Lipinski definition) is 4. The number of carbonyl (C=O) groups excluding carboxylic acids is 1.